The van der Waals surface area contributed by atoms with Gasteiger partial charge in [0.1, 0.15) is 5.82 Å². The first-order chi connectivity index (χ1) is 7.77. The van der Waals surface area contributed by atoms with Crippen LogP contribution in [-0.4, -0.2) is 18.3 Å². The normalized spacial score (nSPS) is 12.4. The molecule has 0 saturated carbocycles. The van der Waals surface area contributed by atoms with E-state index in [1.54, 1.807) is 12.1 Å². The Labute approximate surface area is 101 Å². The monoisotopic (exact) mass is 239 g/mol. The highest BCUT2D eigenvalue weighted by atomic mass is 32.2. The lowest BCUT2D eigenvalue weighted by atomic mass is 10.3. The molecule has 0 aliphatic carbocycles. The van der Waals surface area contributed by atoms with Crippen molar-refractivity contribution in [2.75, 3.05) is 12.3 Å². The Kier molecular flexibility index (Phi) is 6.19. The van der Waals surface area contributed by atoms with Gasteiger partial charge in [0.15, 0.2) is 0 Å². The second-order valence-electron chi connectivity index (χ2n) is 3.54. The van der Waals surface area contributed by atoms with Gasteiger partial charge in [-0.1, -0.05) is 25.1 Å². The summed E-state index contributed by atoms with van der Waals surface area (Å²) in [7, 11) is 0. The van der Waals surface area contributed by atoms with E-state index < -0.39 is 0 Å². The minimum atomic E-state index is -0.147. The number of hydrogen-bond acceptors (Lipinski definition) is 2. The van der Waals surface area contributed by atoms with Crippen molar-refractivity contribution in [3.63, 3.8) is 0 Å². The summed E-state index contributed by atoms with van der Waals surface area (Å²) in [5, 5.41) is 3.35. The van der Waals surface area contributed by atoms with Crippen molar-refractivity contribution in [2.45, 2.75) is 24.3 Å². The fourth-order valence-electron chi connectivity index (χ4n) is 1.28. The van der Waals surface area contributed by atoms with E-state index in [9.17, 15) is 4.39 Å². The van der Waals surface area contributed by atoms with Crippen molar-refractivity contribution in [3.05, 3.63) is 42.7 Å². The molecule has 0 aliphatic rings. The molecule has 0 bridgehead atoms. The summed E-state index contributed by atoms with van der Waals surface area (Å²) in [4.78, 5) is 0.702. The van der Waals surface area contributed by atoms with Crippen LogP contribution in [0, 0.1) is 5.82 Å². The SMILES string of the molecule is C=CC(CSc1ccccc1F)NCCC. The lowest BCUT2D eigenvalue weighted by Gasteiger charge is -2.13. The molecular formula is C13H18FNS. The third-order valence-corrected chi connectivity index (χ3v) is 3.36. The van der Waals surface area contributed by atoms with Gasteiger partial charge in [-0.15, -0.1) is 18.3 Å². The van der Waals surface area contributed by atoms with Crippen LogP contribution in [0.2, 0.25) is 0 Å². The number of nitrogens with one attached hydrogen (secondary N) is 1. The molecule has 0 aliphatic heterocycles. The molecule has 0 heterocycles. The Morgan fingerprint density at radius 1 is 1.50 bits per heavy atom. The van der Waals surface area contributed by atoms with Gasteiger partial charge >= 0.3 is 0 Å². The zero-order valence-electron chi connectivity index (χ0n) is 9.58. The average Bonchev–Trinajstić information content (AvgIpc) is 2.31. The highest BCUT2D eigenvalue weighted by Gasteiger charge is 2.06. The molecule has 16 heavy (non-hydrogen) atoms. The third kappa shape index (κ3) is 4.37. The number of hydrogen-bond donors (Lipinski definition) is 1. The summed E-state index contributed by atoms with van der Waals surface area (Å²) in [5.74, 6) is 0.663. The summed E-state index contributed by atoms with van der Waals surface area (Å²) in [6.45, 7) is 6.87. The molecule has 0 amide bonds. The summed E-state index contributed by atoms with van der Waals surface area (Å²) in [6, 6.07) is 7.10. The zero-order chi connectivity index (χ0) is 11.8. The Morgan fingerprint density at radius 2 is 2.25 bits per heavy atom. The number of thioether (sulfide) groups is 1. The van der Waals surface area contributed by atoms with Gasteiger partial charge in [-0.25, -0.2) is 4.39 Å². The van der Waals surface area contributed by atoms with E-state index in [4.69, 9.17) is 0 Å². The first-order valence-corrected chi connectivity index (χ1v) is 6.49. The standard InChI is InChI=1S/C13H18FNS/c1-3-9-15-11(4-2)10-16-13-8-6-5-7-12(13)14/h4-8,11,15H,2-3,9-10H2,1H3. The van der Waals surface area contributed by atoms with E-state index in [1.165, 1.54) is 17.8 Å². The van der Waals surface area contributed by atoms with Gasteiger partial charge in [0.2, 0.25) is 0 Å². The molecule has 1 atom stereocenters. The smallest absolute Gasteiger partial charge is 0.136 e. The Hall–Kier alpha value is -0.800. The molecule has 0 fully saturated rings. The molecule has 1 rings (SSSR count). The molecule has 1 aromatic rings. The van der Waals surface area contributed by atoms with E-state index in [2.05, 4.69) is 18.8 Å². The average molecular weight is 239 g/mol. The predicted octanol–water partition coefficient (Wildman–Crippen LogP) is 3.47. The lowest BCUT2D eigenvalue weighted by Crippen LogP contribution is -2.29. The zero-order valence-corrected chi connectivity index (χ0v) is 10.4. The first-order valence-electron chi connectivity index (χ1n) is 5.51. The summed E-state index contributed by atoms with van der Waals surface area (Å²) in [6.07, 6.45) is 2.97. The molecule has 1 N–H and O–H groups in total. The molecule has 1 nitrogen and oxygen atoms in total. The van der Waals surface area contributed by atoms with Crippen molar-refractivity contribution >= 4 is 11.8 Å². The molecule has 1 unspecified atom stereocenters. The van der Waals surface area contributed by atoms with Crippen LogP contribution < -0.4 is 5.32 Å². The molecular weight excluding hydrogens is 221 g/mol. The van der Waals surface area contributed by atoms with Crippen molar-refractivity contribution < 1.29 is 4.39 Å². The topological polar surface area (TPSA) is 12.0 Å². The second-order valence-corrected chi connectivity index (χ2v) is 4.60. The Balaban J connectivity index is 2.43. The lowest BCUT2D eigenvalue weighted by molar-refractivity contribution is 0.600. The molecule has 0 aromatic heterocycles. The third-order valence-electron chi connectivity index (χ3n) is 2.20. The van der Waals surface area contributed by atoms with E-state index in [0.29, 0.717) is 4.90 Å². The molecule has 1 aromatic carbocycles. The molecule has 0 saturated heterocycles. The van der Waals surface area contributed by atoms with Crippen molar-refractivity contribution in [3.8, 4) is 0 Å². The number of benzene rings is 1. The molecule has 88 valence electrons. The van der Waals surface area contributed by atoms with Gasteiger partial charge in [0.05, 0.1) is 0 Å². The minimum Gasteiger partial charge on any atom is -0.310 e. The fourth-order valence-corrected chi connectivity index (χ4v) is 2.28. The highest BCUT2D eigenvalue weighted by Crippen LogP contribution is 2.21. The van der Waals surface area contributed by atoms with Crippen LogP contribution in [0.5, 0.6) is 0 Å². The van der Waals surface area contributed by atoms with E-state index >= 15 is 0 Å². The fraction of sp³-hybridized carbons (Fsp3) is 0.385. The van der Waals surface area contributed by atoms with Gasteiger partial charge in [-0.2, -0.15) is 0 Å². The number of rotatable bonds is 7. The van der Waals surface area contributed by atoms with Crippen LogP contribution in [0.15, 0.2) is 41.8 Å². The van der Waals surface area contributed by atoms with E-state index in [-0.39, 0.29) is 11.9 Å². The van der Waals surface area contributed by atoms with Gasteiger partial charge in [0, 0.05) is 16.7 Å². The second kappa shape index (κ2) is 7.47. The Bertz CT molecular complexity index is 327. The van der Waals surface area contributed by atoms with Crippen LogP contribution >= 0.6 is 11.8 Å². The maximum atomic E-state index is 13.3. The van der Waals surface area contributed by atoms with Gasteiger partial charge in [-0.3, -0.25) is 0 Å². The maximum Gasteiger partial charge on any atom is 0.136 e. The van der Waals surface area contributed by atoms with Crippen LogP contribution in [-0.2, 0) is 0 Å². The van der Waals surface area contributed by atoms with E-state index in [1.807, 2.05) is 12.1 Å². The molecule has 0 spiro atoms. The van der Waals surface area contributed by atoms with Crippen molar-refractivity contribution in [1.82, 2.24) is 5.32 Å². The quantitative estimate of drug-likeness (QED) is 0.577. The van der Waals surface area contributed by atoms with Crippen molar-refractivity contribution in [1.29, 1.82) is 0 Å². The van der Waals surface area contributed by atoms with Gasteiger partial charge in [-0.05, 0) is 25.1 Å². The van der Waals surface area contributed by atoms with Crippen LogP contribution in [0.3, 0.4) is 0 Å². The van der Waals surface area contributed by atoms with Crippen LogP contribution in [0.1, 0.15) is 13.3 Å². The molecule has 3 heteroatoms. The van der Waals surface area contributed by atoms with Gasteiger partial charge < -0.3 is 5.32 Å². The largest absolute Gasteiger partial charge is 0.310 e. The molecule has 0 radical (unpaired) electrons. The highest BCUT2D eigenvalue weighted by molar-refractivity contribution is 7.99. The summed E-state index contributed by atoms with van der Waals surface area (Å²) < 4.78 is 13.3. The minimum absolute atomic E-state index is 0.147. The Morgan fingerprint density at radius 3 is 2.88 bits per heavy atom. The number of halogens is 1. The maximum absolute atomic E-state index is 13.3. The van der Waals surface area contributed by atoms with Gasteiger partial charge in [0.25, 0.3) is 0 Å². The summed E-state index contributed by atoms with van der Waals surface area (Å²) in [5.41, 5.74) is 0. The summed E-state index contributed by atoms with van der Waals surface area (Å²) >= 11 is 1.52. The van der Waals surface area contributed by atoms with E-state index in [0.717, 1.165) is 18.7 Å². The predicted molar refractivity (Wildman–Crippen MR) is 69.4 cm³/mol. The van der Waals surface area contributed by atoms with Crippen LogP contribution in [0.25, 0.3) is 0 Å². The first kappa shape index (κ1) is 13.3. The van der Waals surface area contributed by atoms with Crippen molar-refractivity contribution in [2.24, 2.45) is 0 Å². The van der Waals surface area contributed by atoms with Crippen LogP contribution in [0.4, 0.5) is 4.39 Å².